The van der Waals surface area contributed by atoms with E-state index in [1.54, 1.807) is 13.8 Å². The molecular weight excluding hydrogens is 231 g/mol. The molecule has 0 N–H and O–H groups in total. The van der Waals surface area contributed by atoms with E-state index in [0.29, 0.717) is 10.6 Å². The minimum atomic E-state index is -3.66. The lowest BCUT2D eigenvalue weighted by atomic mass is 10.1. The molecule has 0 amide bonds. The van der Waals surface area contributed by atoms with Crippen LogP contribution in [0, 0.1) is 13.8 Å². The summed E-state index contributed by atoms with van der Waals surface area (Å²) in [6.07, 6.45) is 0. The van der Waals surface area contributed by atoms with Gasteiger partial charge >= 0.3 is 0 Å². The van der Waals surface area contributed by atoms with Crippen LogP contribution in [-0.4, -0.2) is 8.42 Å². The third-order valence-electron chi connectivity index (χ3n) is 1.93. The lowest BCUT2D eigenvalue weighted by molar-refractivity contribution is 0.609. The van der Waals surface area contributed by atoms with Gasteiger partial charge in [0, 0.05) is 15.7 Å². The summed E-state index contributed by atoms with van der Waals surface area (Å²) in [5.41, 5.74) is 1.34. The molecule has 1 aromatic carbocycles. The van der Waals surface area contributed by atoms with Gasteiger partial charge in [-0.1, -0.05) is 11.6 Å². The average molecular weight is 239 g/mol. The number of benzene rings is 1. The van der Waals surface area contributed by atoms with Crippen molar-refractivity contribution < 1.29 is 8.42 Å². The van der Waals surface area contributed by atoms with Crippen molar-refractivity contribution in [2.24, 2.45) is 0 Å². The quantitative estimate of drug-likeness (QED) is 0.706. The highest BCUT2D eigenvalue weighted by Crippen LogP contribution is 2.26. The second-order valence-corrected chi connectivity index (χ2v) is 5.67. The summed E-state index contributed by atoms with van der Waals surface area (Å²) >= 11 is 5.80. The first-order valence-electron chi connectivity index (χ1n) is 3.54. The van der Waals surface area contributed by atoms with Crippen LogP contribution < -0.4 is 0 Å². The molecule has 0 spiro atoms. The van der Waals surface area contributed by atoms with Crippen LogP contribution >= 0.6 is 22.3 Å². The van der Waals surface area contributed by atoms with E-state index in [9.17, 15) is 8.42 Å². The van der Waals surface area contributed by atoms with Crippen LogP contribution in [-0.2, 0) is 9.05 Å². The van der Waals surface area contributed by atoms with Crippen LogP contribution in [0.3, 0.4) is 0 Å². The molecule has 0 radical (unpaired) electrons. The molecule has 0 heterocycles. The molecule has 5 heteroatoms. The fourth-order valence-corrected chi connectivity index (χ4v) is 2.48. The molecule has 0 aromatic heterocycles. The maximum atomic E-state index is 11.0. The van der Waals surface area contributed by atoms with Gasteiger partial charge in [-0.05, 0) is 37.1 Å². The van der Waals surface area contributed by atoms with Crippen LogP contribution in [0.25, 0.3) is 0 Å². The molecule has 0 bridgehead atoms. The third kappa shape index (κ3) is 2.16. The van der Waals surface area contributed by atoms with Gasteiger partial charge < -0.3 is 0 Å². The van der Waals surface area contributed by atoms with Gasteiger partial charge in [0.15, 0.2) is 0 Å². The van der Waals surface area contributed by atoms with E-state index in [1.807, 2.05) is 0 Å². The zero-order valence-corrected chi connectivity index (χ0v) is 9.46. The van der Waals surface area contributed by atoms with E-state index in [4.69, 9.17) is 22.3 Å². The molecule has 0 saturated carbocycles. The van der Waals surface area contributed by atoms with Crippen LogP contribution in [0.2, 0.25) is 5.02 Å². The van der Waals surface area contributed by atoms with E-state index < -0.39 is 9.05 Å². The first-order chi connectivity index (χ1) is 5.84. The molecule has 72 valence electrons. The standard InChI is InChI=1S/C8H8Cl2O2S/c1-5-6(2)8(13(10,11)12)4-3-7(5)9/h3-4H,1-2H3. The molecule has 0 aliphatic carbocycles. The summed E-state index contributed by atoms with van der Waals surface area (Å²) in [5, 5.41) is 0.543. The summed E-state index contributed by atoms with van der Waals surface area (Å²) in [5.74, 6) is 0. The second kappa shape index (κ2) is 3.48. The van der Waals surface area contributed by atoms with Crippen molar-refractivity contribution in [1.82, 2.24) is 0 Å². The van der Waals surface area contributed by atoms with E-state index in [2.05, 4.69) is 0 Å². The molecule has 0 aliphatic rings. The van der Waals surface area contributed by atoms with E-state index >= 15 is 0 Å². The monoisotopic (exact) mass is 238 g/mol. The minimum absolute atomic E-state index is 0.121. The lowest BCUT2D eigenvalue weighted by Crippen LogP contribution is -1.96. The summed E-state index contributed by atoms with van der Waals surface area (Å²) in [6, 6.07) is 2.94. The van der Waals surface area contributed by atoms with Crippen molar-refractivity contribution in [1.29, 1.82) is 0 Å². The van der Waals surface area contributed by atoms with Gasteiger partial charge in [0.05, 0.1) is 4.90 Å². The topological polar surface area (TPSA) is 34.1 Å². The van der Waals surface area contributed by atoms with E-state index in [-0.39, 0.29) is 4.90 Å². The number of rotatable bonds is 1. The summed E-state index contributed by atoms with van der Waals surface area (Å²) in [7, 11) is 1.56. The first kappa shape index (κ1) is 10.8. The van der Waals surface area contributed by atoms with Crippen LogP contribution in [0.1, 0.15) is 11.1 Å². The molecule has 2 nitrogen and oxygen atoms in total. The molecule has 0 saturated heterocycles. The fraction of sp³-hybridized carbons (Fsp3) is 0.250. The van der Waals surface area contributed by atoms with Crippen molar-refractivity contribution in [3.05, 3.63) is 28.3 Å². The first-order valence-corrected chi connectivity index (χ1v) is 6.23. The molecule has 1 aromatic rings. The van der Waals surface area contributed by atoms with Gasteiger partial charge in [0.1, 0.15) is 0 Å². The van der Waals surface area contributed by atoms with Crippen LogP contribution in [0.5, 0.6) is 0 Å². The molecule has 0 fully saturated rings. The zero-order valence-electron chi connectivity index (χ0n) is 7.14. The van der Waals surface area contributed by atoms with Gasteiger partial charge in [0.25, 0.3) is 9.05 Å². The van der Waals surface area contributed by atoms with Crippen LogP contribution in [0.4, 0.5) is 0 Å². The maximum Gasteiger partial charge on any atom is 0.261 e. The molecule has 13 heavy (non-hydrogen) atoms. The Balaban J connectivity index is 3.53. The SMILES string of the molecule is Cc1c(Cl)ccc(S(=O)(=O)Cl)c1C. The predicted molar refractivity (Wildman–Crippen MR) is 54.0 cm³/mol. The Kier molecular flexibility index (Phi) is 2.90. The predicted octanol–water partition coefficient (Wildman–Crippen LogP) is 2.88. The van der Waals surface area contributed by atoms with E-state index in [0.717, 1.165) is 5.56 Å². The van der Waals surface area contributed by atoms with Crippen LogP contribution in [0.15, 0.2) is 17.0 Å². The third-order valence-corrected chi connectivity index (χ3v) is 3.81. The Labute approximate surface area is 86.9 Å². The average Bonchev–Trinajstić information content (AvgIpc) is 1.98. The zero-order chi connectivity index (χ0) is 10.2. The maximum absolute atomic E-state index is 11.0. The summed E-state index contributed by atoms with van der Waals surface area (Å²) in [6.45, 7) is 3.43. The fourth-order valence-electron chi connectivity index (χ4n) is 1.03. The highest BCUT2D eigenvalue weighted by Gasteiger charge is 2.15. The Morgan fingerprint density at radius 2 is 1.69 bits per heavy atom. The largest absolute Gasteiger partial charge is 0.261 e. The van der Waals surface area contributed by atoms with Gasteiger partial charge in [-0.25, -0.2) is 8.42 Å². The molecular formula is C8H8Cl2O2S. The van der Waals surface area contributed by atoms with Gasteiger partial charge in [-0.15, -0.1) is 0 Å². The van der Waals surface area contributed by atoms with Crippen molar-refractivity contribution in [2.75, 3.05) is 0 Å². The van der Waals surface area contributed by atoms with Gasteiger partial charge in [-0.3, -0.25) is 0 Å². The Morgan fingerprint density at radius 1 is 1.15 bits per heavy atom. The normalized spacial score (nSPS) is 11.7. The van der Waals surface area contributed by atoms with Gasteiger partial charge in [0.2, 0.25) is 0 Å². The molecule has 0 unspecified atom stereocenters. The molecule has 0 atom stereocenters. The second-order valence-electron chi connectivity index (χ2n) is 2.73. The number of hydrogen-bond acceptors (Lipinski definition) is 2. The number of halogens is 2. The highest BCUT2D eigenvalue weighted by atomic mass is 35.7. The highest BCUT2D eigenvalue weighted by molar-refractivity contribution is 8.13. The van der Waals surface area contributed by atoms with Crippen molar-refractivity contribution in [3.63, 3.8) is 0 Å². The minimum Gasteiger partial charge on any atom is -0.207 e. The van der Waals surface area contributed by atoms with Gasteiger partial charge in [-0.2, -0.15) is 0 Å². The number of hydrogen-bond donors (Lipinski definition) is 0. The smallest absolute Gasteiger partial charge is 0.207 e. The molecule has 0 aliphatic heterocycles. The van der Waals surface area contributed by atoms with Crippen molar-refractivity contribution in [2.45, 2.75) is 18.7 Å². The van der Waals surface area contributed by atoms with E-state index in [1.165, 1.54) is 12.1 Å². The van der Waals surface area contributed by atoms with Crippen molar-refractivity contribution >= 4 is 31.3 Å². The lowest BCUT2D eigenvalue weighted by Gasteiger charge is -2.06. The summed E-state index contributed by atoms with van der Waals surface area (Å²) < 4.78 is 22.1. The van der Waals surface area contributed by atoms with Crippen molar-refractivity contribution in [3.8, 4) is 0 Å². The Hall–Kier alpha value is -0.250. The molecule has 1 rings (SSSR count). The Morgan fingerprint density at radius 3 is 2.15 bits per heavy atom. The summed E-state index contributed by atoms with van der Waals surface area (Å²) in [4.78, 5) is 0.121. The Bertz CT molecular complexity index is 438.